The maximum absolute atomic E-state index is 10.6. The Morgan fingerprint density at radius 3 is 1.87 bits per heavy atom. The molecule has 0 aromatic carbocycles. The number of esters is 1. The Kier molecular flexibility index (Phi) is 8.70. The number of hydrogen-bond donors (Lipinski definition) is 1. The molecule has 0 amide bonds. The summed E-state index contributed by atoms with van der Waals surface area (Å²) in [4.78, 5) is 19.3. The molecule has 0 heterocycles. The molecule has 0 unspecified atom stereocenters. The first kappa shape index (κ1) is 16.2. The van der Waals surface area contributed by atoms with Crippen LogP contribution in [0.2, 0.25) is 0 Å². The molecule has 1 N–H and O–H groups in total. The lowest BCUT2D eigenvalue weighted by atomic mass is 10.3. The largest absolute Gasteiger partial charge is 0.490 e. The van der Waals surface area contributed by atoms with Crippen molar-refractivity contribution in [3.63, 3.8) is 0 Å². The normalized spacial score (nSPS) is 9.93. The highest BCUT2D eigenvalue weighted by atomic mass is 19.4. The lowest BCUT2D eigenvalue weighted by Gasteiger charge is -1.96. The molecular weight excluding hydrogens is 217 g/mol. The molecule has 0 saturated carbocycles. The molecule has 0 aromatic rings. The van der Waals surface area contributed by atoms with E-state index in [1.165, 1.54) is 0 Å². The molecule has 0 rings (SSSR count). The maximum atomic E-state index is 10.6. The monoisotopic (exact) mass is 230 g/mol. The molecule has 90 valence electrons. The Hall–Kier alpha value is -1.27. The van der Waals surface area contributed by atoms with E-state index >= 15 is 0 Å². The van der Waals surface area contributed by atoms with E-state index in [0.29, 0.717) is 13.0 Å². The van der Waals surface area contributed by atoms with Gasteiger partial charge in [-0.3, -0.25) is 4.79 Å². The minimum atomic E-state index is -5.08. The number of carboxylic acids is 1. The second-order valence-electron chi connectivity index (χ2n) is 2.36. The molecule has 0 aliphatic carbocycles. The molecule has 0 radical (unpaired) electrons. The average Bonchev–Trinajstić information content (AvgIpc) is 2.04. The van der Waals surface area contributed by atoms with E-state index in [9.17, 15) is 18.0 Å². The first-order valence-corrected chi connectivity index (χ1v) is 4.21. The SMILES string of the molecule is CCCC(=O)OCC.O=C(O)C(F)(F)F. The van der Waals surface area contributed by atoms with Crippen molar-refractivity contribution >= 4 is 11.9 Å². The van der Waals surface area contributed by atoms with E-state index in [0.717, 1.165) is 6.42 Å². The van der Waals surface area contributed by atoms with Crippen molar-refractivity contribution in [1.29, 1.82) is 0 Å². The van der Waals surface area contributed by atoms with Gasteiger partial charge in [-0.2, -0.15) is 13.2 Å². The number of alkyl halides is 3. The number of hydrogen-bond acceptors (Lipinski definition) is 3. The Balaban J connectivity index is 0. The topological polar surface area (TPSA) is 63.6 Å². The van der Waals surface area contributed by atoms with Crippen LogP contribution in [0.5, 0.6) is 0 Å². The highest BCUT2D eigenvalue weighted by Gasteiger charge is 2.38. The predicted molar refractivity (Wildman–Crippen MR) is 45.2 cm³/mol. The number of rotatable bonds is 3. The summed E-state index contributed by atoms with van der Waals surface area (Å²) in [6.07, 6.45) is -3.66. The van der Waals surface area contributed by atoms with Gasteiger partial charge >= 0.3 is 18.1 Å². The highest BCUT2D eigenvalue weighted by molar-refractivity contribution is 5.73. The first-order chi connectivity index (χ1) is 6.75. The minimum Gasteiger partial charge on any atom is -0.475 e. The molecule has 0 aromatic heterocycles. The number of carboxylic acid groups (broad SMARTS) is 1. The Labute approximate surface area is 85.0 Å². The van der Waals surface area contributed by atoms with Crippen molar-refractivity contribution in [2.24, 2.45) is 0 Å². The van der Waals surface area contributed by atoms with Gasteiger partial charge in [0.1, 0.15) is 0 Å². The van der Waals surface area contributed by atoms with Crippen molar-refractivity contribution in [2.75, 3.05) is 6.61 Å². The molecule has 4 nitrogen and oxygen atoms in total. The summed E-state index contributed by atoms with van der Waals surface area (Å²) < 4.78 is 36.4. The summed E-state index contributed by atoms with van der Waals surface area (Å²) >= 11 is 0. The Morgan fingerprint density at radius 2 is 1.67 bits per heavy atom. The van der Waals surface area contributed by atoms with Gasteiger partial charge < -0.3 is 9.84 Å². The molecular formula is C8H13F3O4. The van der Waals surface area contributed by atoms with E-state index in [2.05, 4.69) is 4.74 Å². The van der Waals surface area contributed by atoms with Gasteiger partial charge in [-0.15, -0.1) is 0 Å². The number of carbonyl (C=O) groups excluding carboxylic acids is 1. The van der Waals surface area contributed by atoms with Crippen LogP contribution in [-0.2, 0) is 14.3 Å². The van der Waals surface area contributed by atoms with Crippen LogP contribution in [0.3, 0.4) is 0 Å². The molecule has 0 aliphatic heterocycles. The number of halogens is 3. The van der Waals surface area contributed by atoms with Crippen LogP contribution in [0.15, 0.2) is 0 Å². The van der Waals surface area contributed by atoms with Gasteiger partial charge in [0.25, 0.3) is 0 Å². The summed E-state index contributed by atoms with van der Waals surface area (Å²) in [5, 5.41) is 7.12. The van der Waals surface area contributed by atoms with Crippen molar-refractivity contribution in [3.05, 3.63) is 0 Å². The third kappa shape index (κ3) is 12.7. The molecule has 15 heavy (non-hydrogen) atoms. The quantitative estimate of drug-likeness (QED) is 0.753. The fourth-order valence-corrected chi connectivity index (χ4v) is 0.437. The summed E-state index contributed by atoms with van der Waals surface area (Å²) in [5.41, 5.74) is 0. The second kappa shape index (κ2) is 8.07. The predicted octanol–water partition coefficient (Wildman–Crippen LogP) is 1.98. The summed E-state index contributed by atoms with van der Waals surface area (Å²) in [7, 11) is 0. The van der Waals surface area contributed by atoms with Crippen LogP contribution in [0, 0.1) is 0 Å². The molecule has 0 fully saturated rings. The van der Waals surface area contributed by atoms with Crippen LogP contribution in [0.1, 0.15) is 26.7 Å². The third-order valence-corrected chi connectivity index (χ3v) is 1.00. The summed E-state index contributed by atoms with van der Waals surface area (Å²) in [5.74, 6) is -2.84. The van der Waals surface area contributed by atoms with Crippen molar-refractivity contribution in [3.8, 4) is 0 Å². The van der Waals surface area contributed by atoms with Crippen LogP contribution < -0.4 is 0 Å². The van der Waals surface area contributed by atoms with E-state index in [4.69, 9.17) is 9.90 Å². The zero-order valence-corrected chi connectivity index (χ0v) is 8.43. The van der Waals surface area contributed by atoms with Crippen molar-refractivity contribution < 1.29 is 32.6 Å². The lowest BCUT2D eigenvalue weighted by molar-refractivity contribution is -0.192. The van der Waals surface area contributed by atoms with E-state index < -0.39 is 12.1 Å². The van der Waals surface area contributed by atoms with Crippen LogP contribution in [0.25, 0.3) is 0 Å². The summed E-state index contributed by atoms with van der Waals surface area (Å²) in [6.45, 7) is 4.27. The van der Waals surface area contributed by atoms with Crippen LogP contribution >= 0.6 is 0 Å². The zero-order chi connectivity index (χ0) is 12.5. The molecule has 0 saturated heterocycles. The van der Waals surface area contributed by atoms with E-state index in [1.54, 1.807) is 0 Å². The molecule has 0 bridgehead atoms. The van der Waals surface area contributed by atoms with Crippen LogP contribution in [0.4, 0.5) is 13.2 Å². The van der Waals surface area contributed by atoms with Gasteiger partial charge in [-0.25, -0.2) is 4.79 Å². The zero-order valence-electron chi connectivity index (χ0n) is 8.43. The molecule has 7 heteroatoms. The van der Waals surface area contributed by atoms with Crippen molar-refractivity contribution in [1.82, 2.24) is 0 Å². The first-order valence-electron chi connectivity index (χ1n) is 4.21. The number of ether oxygens (including phenoxy) is 1. The number of aliphatic carboxylic acids is 1. The van der Waals surface area contributed by atoms with E-state index in [1.807, 2.05) is 13.8 Å². The Bertz CT molecular complexity index is 193. The Morgan fingerprint density at radius 1 is 1.27 bits per heavy atom. The summed E-state index contributed by atoms with van der Waals surface area (Å²) in [6, 6.07) is 0. The van der Waals surface area contributed by atoms with Crippen LogP contribution in [-0.4, -0.2) is 29.8 Å². The molecule has 0 aliphatic rings. The van der Waals surface area contributed by atoms with Gasteiger partial charge in [-0.05, 0) is 13.3 Å². The van der Waals surface area contributed by atoms with Crippen molar-refractivity contribution in [2.45, 2.75) is 32.9 Å². The molecule has 0 spiro atoms. The van der Waals surface area contributed by atoms with Gasteiger partial charge in [0.15, 0.2) is 0 Å². The number of carbonyl (C=O) groups is 2. The smallest absolute Gasteiger partial charge is 0.475 e. The standard InChI is InChI=1S/C6H12O2.C2HF3O2/c1-3-5-6(7)8-4-2;3-2(4,5)1(6)7/h3-5H2,1-2H3;(H,6,7). The van der Waals surface area contributed by atoms with Gasteiger partial charge in [0.2, 0.25) is 0 Å². The third-order valence-electron chi connectivity index (χ3n) is 1.00. The minimum absolute atomic E-state index is 0.0880. The second-order valence-corrected chi connectivity index (χ2v) is 2.36. The average molecular weight is 230 g/mol. The lowest BCUT2D eigenvalue weighted by Crippen LogP contribution is -2.21. The van der Waals surface area contributed by atoms with Gasteiger partial charge in [-0.1, -0.05) is 6.92 Å². The van der Waals surface area contributed by atoms with Gasteiger partial charge in [0, 0.05) is 6.42 Å². The highest BCUT2D eigenvalue weighted by Crippen LogP contribution is 2.13. The fourth-order valence-electron chi connectivity index (χ4n) is 0.437. The van der Waals surface area contributed by atoms with Gasteiger partial charge in [0.05, 0.1) is 6.61 Å². The fraction of sp³-hybridized carbons (Fsp3) is 0.750. The molecule has 0 atom stereocenters. The van der Waals surface area contributed by atoms with E-state index in [-0.39, 0.29) is 5.97 Å². The maximum Gasteiger partial charge on any atom is 0.490 e.